The van der Waals surface area contributed by atoms with E-state index in [9.17, 15) is 4.79 Å². The molecule has 3 heteroatoms. The van der Waals surface area contributed by atoms with Crippen LogP contribution in [0.2, 0.25) is 0 Å². The third-order valence-corrected chi connectivity index (χ3v) is 5.03. The zero-order valence-corrected chi connectivity index (χ0v) is 14.4. The highest BCUT2D eigenvalue weighted by molar-refractivity contribution is 5.76. The highest BCUT2D eigenvalue weighted by Gasteiger charge is 2.19. The van der Waals surface area contributed by atoms with Crippen molar-refractivity contribution in [2.45, 2.75) is 44.6 Å². The molecule has 0 spiro atoms. The van der Waals surface area contributed by atoms with Gasteiger partial charge in [0, 0.05) is 32.1 Å². The second-order valence-corrected chi connectivity index (χ2v) is 6.80. The van der Waals surface area contributed by atoms with Gasteiger partial charge in [-0.1, -0.05) is 54.1 Å². The second kappa shape index (κ2) is 8.84. The van der Waals surface area contributed by atoms with E-state index < -0.39 is 0 Å². The van der Waals surface area contributed by atoms with Crippen LogP contribution in [-0.4, -0.2) is 36.5 Å². The third-order valence-electron chi connectivity index (χ3n) is 5.03. The maximum Gasteiger partial charge on any atom is 0.220 e. The van der Waals surface area contributed by atoms with Gasteiger partial charge in [-0.05, 0) is 37.7 Å². The molecule has 3 nitrogen and oxygen atoms in total. The van der Waals surface area contributed by atoms with E-state index in [0.717, 1.165) is 25.9 Å². The molecule has 1 aromatic carbocycles. The monoisotopic (exact) mass is 324 g/mol. The molecule has 0 aromatic heterocycles. The normalized spacial score (nSPS) is 21.3. The molecule has 24 heavy (non-hydrogen) atoms. The lowest BCUT2D eigenvalue weighted by Crippen LogP contribution is -2.39. The van der Waals surface area contributed by atoms with E-state index in [0.29, 0.717) is 19.0 Å². The number of amides is 1. The van der Waals surface area contributed by atoms with Crippen molar-refractivity contribution < 1.29 is 4.79 Å². The summed E-state index contributed by atoms with van der Waals surface area (Å²) in [4.78, 5) is 14.6. The predicted octanol–water partition coefficient (Wildman–Crippen LogP) is 3.48. The number of carbonyl (C=O) groups excluding carboxylic acids is 1. The highest BCUT2D eigenvalue weighted by Crippen LogP contribution is 2.20. The van der Waals surface area contributed by atoms with Gasteiger partial charge in [0.05, 0.1) is 0 Å². The van der Waals surface area contributed by atoms with Crippen molar-refractivity contribution >= 4 is 5.91 Å². The van der Waals surface area contributed by atoms with Gasteiger partial charge in [-0.15, -0.1) is 0 Å². The zero-order valence-electron chi connectivity index (χ0n) is 14.4. The SMILES string of the molecule is O=C(CCc1ccccc1)NCC1=CCN(C2C=CCCC2)CC1. The molecule has 0 saturated heterocycles. The Labute approximate surface area is 145 Å². The third kappa shape index (κ3) is 5.07. The van der Waals surface area contributed by atoms with Crippen LogP contribution in [0.15, 0.2) is 54.1 Å². The van der Waals surface area contributed by atoms with Gasteiger partial charge in [0.25, 0.3) is 0 Å². The molecule has 1 aromatic rings. The van der Waals surface area contributed by atoms with Gasteiger partial charge in [-0.25, -0.2) is 0 Å². The fourth-order valence-corrected chi connectivity index (χ4v) is 3.49. The van der Waals surface area contributed by atoms with E-state index in [4.69, 9.17) is 0 Å². The molecule has 1 amide bonds. The number of aryl methyl sites for hydroxylation is 1. The lowest BCUT2D eigenvalue weighted by atomic mass is 9.99. The van der Waals surface area contributed by atoms with Crippen LogP contribution in [0.3, 0.4) is 0 Å². The van der Waals surface area contributed by atoms with Gasteiger partial charge in [-0.2, -0.15) is 0 Å². The molecule has 3 rings (SSSR count). The predicted molar refractivity (Wildman–Crippen MR) is 98.8 cm³/mol. The number of carbonyl (C=O) groups is 1. The molecule has 0 saturated carbocycles. The number of rotatable bonds is 6. The van der Waals surface area contributed by atoms with Crippen LogP contribution in [0.5, 0.6) is 0 Å². The van der Waals surface area contributed by atoms with Crippen molar-refractivity contribution in [2.75, 3.05) is 19.6 Å². The molecular formula is C21H28N2O. The van der Waals surface area contributed by atoms with Crippen LogP contribution in [0, 0.1) is 0 Å². The molecule has 1 aliphatic carbocycles. The van der Waals surface area contributed by atoms with Crippen molar-refractivity contribution in [1.82, 2.24) is 10.2 Å². The van der Waals surface area contributed by atoms with Crippen molar-refractivity contribution in [3.63, 3.8) is 0 Å². The Balaban J connectivity index is 1.37. The maximum atomic E-state index is 12.0. The number of allylic oxidation sites excluding steroid dienone is 1. The summed E-state index contributed by atoms with van der Waals surface area (Å²) >= 11 is 0. The van der Waals surface area contributed by atoms with E-state index in [2.05, 4.69) is 40.6 Å². The summed E-state index contributed by atoms with van der Waals surface area (Å²) in [5.74, 6) is 0.150. The number of hydrogen-bond donors (Lipinski definition) is 1. The molecule has 1 aliphatic heterocycles. The van der Waals surface area contributed by atoms with Crippen LogP contribution in [0.4, 0.5) is 0 Å². The van der Waals surface area contributed by atoms with Crippen molar-refractivity contribution in [2.24, 2.45) is 0 Å². The topological polar surface area (TPSA) is 32.3 Å². The van der Waals surface area contributed by atoms with Crippen LogP contribution in [0.25, 0.3) is 0 Å². The first-order chi connectivity index (χ1) is 11.8. The fraction of sp³-hybridized carbons (Fsp3) is 0.476. The number of nitrogens with one attached hydrogen (secondary N) is 1. The Kier molecular flexibility index (Phi) is 6.25. The van der Waals surface area contributed by atoms with Gasteiger partial charge in [0.2, 0.25) is 5.91 Å². The fourth-order valence-electron chi connectivity index (χ4n) is 3.49. The molecule has 1 heterocycles. The summed E-state index contributed by atoms with van der Waals surface area (Å²) in [6.07, 6.45) is 13.3. The Morgan fingerprint density at radius 1 is 1.25 bits per heavy atom. The van der Waals surface area contributed by atoms with Crippen LogP contribution in [-0.2, 0) is 11.2 Å². The smallest absolute Gasteiger partial charge is 0.220 e. The average Bonchev–Trinajstić information content (AvgIpc) is 2.67. The summed E-state index contributed by atoms with van der Waals surface area (Å²) in [6, 6.07) is 10.8. The Morgan fingerprint density at radius 3 is 2.83 bits per heavy atom. The minimum atomic E-state index is 0.150. The molecule has 2 aliphatic rings. The van der Waals surface area contributed by atoms with Crippen molar-refractivity contribution in [1.29, 1.82) is 0 Å². The van der Waals surface area contributed by atoms with Gasteiger partial charge < -0.3 is 5.32 Å². The Morgan fingerprint density at radius 2 is 2.12 bits per heavy atom. The van der Waals surface area contributed by atoms with E-state index in [-0.39, 0.29) is 5.91 Å². The van der Waals surface area contributed by atoms with Crippen LogP contribution < -0.4 is 5.32 Å². The molecule has 0 fully saturated rings. The first-order valence-electron chi connectivity index (χ1n) is 9.20. The number of benzene rings is 1. The van der Waals surface area contributed by atoms with E-state index >= 15 is 0 Å². The van der Waals surface area contributed by atoms with Crippen molar-refractivity contribution in [3.8, 4) is 0 Å². The standard InChI is InChI=1S/C21H28N2O/c24-21(12-11-18-7-3-1-4-8-18)22-17-19-13-15-23(16-14-19)20-9-5-2-6-10-20/h1,3-5,7-9,13,20H,2,6,10-12,14-17H2,(H,22,24). The highest BCUT2D eigenvalue weighted by atomic mass is 16.1. The molecule has 1 atom stereocenters. The van der Waals surface area contributed by atoms with Crippen molar-refractivity contribution in [3.05, 3.63) is 59.7 Å². The molecule has 0 radical (unpaired) electrons. The molecule has 128 valence electrons. The van der Waals surface area contributed by atoms with E-state index in [1.54, 1.807) is 0 Å². The van der Waals surface area contributed by atoms with Gasteiger partial charge in [0.1, 0.15) is 0 Å². The number of nitrogens with zero attached hydrogens (tertiary/aromatic N) is 1. The first kappa shape index (κ1) is 17.0. The van der Waals surface area contributed by atoms with E-state index in [1.165, 1.54) is 30.4 Å². The van der Waals surface area contributed by atoms with Gasteiger partial charge in [0.15, 0.2) is 0 Å². The molecule has 0 bridgehead atoms. The maximum absolute atomic E-state index is 12.0. The minimum Gasteiger partial charge on any atom is -0.352 e. The summed E-state index contributed by atoms with van der Waals surface area (Å²) in [6.45, 7) is 2.84. The molecule has 1 N–H and O–H groups in total. The summed E-state index contributed by atoms with van der Waals surface area (Å²) in [7, 11) is 0. The van der Waals surface area contributed by atoms with Gasteiger partial charge in [-0.3, -0.25) is 9.69 Å². The van der Waals surface area contributed by atoms with Gasteiger partial charge >= 0.3 is 0 Å². The lowest BCUT2D eigenvalue weighted by molar-refractivity contribution is -0.120. The lowest BCUT2D eigenvalue weighted by Gasteiger charge is -2.33. The van der Waals surface area contributed by atoms with Crippen LogP contribution >= 0.6 is 0 Å². The Hall–Kier alpha value is -1.87. The minimum absolute atomic E-state index is 0.150. The van der Waals surface area contributed by atoms with E-state index in [1.807, 2.05) is 18.2 Å². The number of hydrogen-bond acceptors (Lipinski definition) is 2. The first-order valence-corrected chi connectivity index (χ1v) is 9.20. The Bertz CT molecular complexity index is 591. The quantitative estimate of drug-likeness (QED) is 0.813. The zero-order chi connectivity index (χ0) is 16.6. The van der Waals surface area contributed by atoms with Crippen LogP contribution in [0.1, 0.15) is 37.7 Å². The molecular weight excluding hydrogens is 296 g/mol. The summed E-state index contributed by atoms with van der Waals surface area (Å²) in [5.41, 5.74) is 2.60. The second-order valence-electron chi connectivity index (χ2n) is 6.80. The molecule has 1 unspecified atom stereocenters. The largest absolute Gasteiger partial charge is 0.352 e. The average molecular weight is 324 g/mol. The summed E-state index contributed by atoms with van der Waals surface area (Å²) in [5, 5.41) is 3.08. The summed E-state index contributed by atoms with van der Waals surface area (Å²) < 4.78 is 0.